The molecule has 2 unspecified atom stereocenters. The lowest BCUT2D eigenvalue weighted by atomic mass is 10.0. The number of nitrogens with one attached hydrogen (secondary N) is 1. The molecule has 1 aromatic carbocycles. The molecule has 2 atom stereocenters. The van der Waals surface area contributed by atoms with Crippen molar-refractivity contribution in [3.8, 4) is 11.1 Å². The molecule has 8 nitrogen and oxygen atoms in total. The second-order valence-electron chi connectivity index (χ2n) is 9.07. The van der Waals surface area contributed by atoms with Crippen molar-refractivity contribution in [2.75, 3.05) is 13.2 Å². The average molecular weight is 491 g/mol. The normalized spacial score (nSPS) is 15.5. The smallest absolute Gasteiger partial charge is 0.257 e. The number of benzene rings is 1. The Kier molecular flexibility index (Phi) is 9.53. The van der Waals surface area contributed by atoms with Crippen molar-refractivity contribution in [3.05, 3.63) is 77.4 Å². The first-order valence-corrected chi connectivity index (χ1v) is 12.1. The highest BCUT2D eigenvalue weighted by Gasteiger charge is 2.30. The minimum atomic E-state index is -0.353. The highest BCUT2D eigenvalue weighted by atomic mass is 16.5. The summed E-state index contributed by atoms with van der Waals surface area (Å²) < 4.78 is 5.25. The van der Waals surface area contributed by atoms with Gasteiger partial charge in [0.2, 0.25) is 6.41 Å². The third-order valence-electron chi connectivity index (χ3n) is 6.18. The second kappa shape index (κ2) is 12.8. The number of carbonyl (C=O) groups excluding carboxylic acids is 2. The number of hydrogen-bond acceptors (Lipinski definition) is 6. The summed E-state index contributed by atoms with van der Waals surface area (Å²) in [4.78, 5) is 28.9. The topological polar surface area (TPSA) is 109 Å². The maximum Gasteiger partial charge on any atom is 0.257 e. The lowest BCUT2D eigenvalue weighted by Gasteiger charge is -2.22. The molecule has 0 spiro atoms. The van der Waals surface area contributed by atoms with Crippen LogP contribution >= 0.6 is 0 Å². The summed E-state index contributed by atoms with van der Waals surface area (Å²) in [7, 11) is 0. The lowest BCUT2D eigenvalue weighted by Crippen LogP contribution is -2.34. The minimum Gasteiger partial charge on any atom is -0.394 e. The Labute approximate surface area is 212 Å². The third-order valence-corrected chi connectivity index (χ3v) is 6.18. The summed E-state index contributed by atoms with van der Waals surface area (Å²) in [6.07, 6.45) is 6.24. The summed E-state index contributed by atoms with van der Waals surface area (Å²) in [6.45, 7) is 8.55. The van der Waals surface area contributed by atoms with Crippen molar-refractivity contribution in [2.24, 2.45) is 0 Å². The van der Waals surface area contributed by atoms with Crippen LogP contribution in [-0.4, -0.2) is 51.7 Å². The molecule has 3 aromatic rings. The van der Waals surface area contributed by atoms with E-state index in [1.165, 1.54) is 0 Å². The van der Waals surface area contributed by atoms with Crippen LogP contribution in [0.5, 0.6) is 0 Å². The van der Waals surface area contributed by atoms with E-state index in [9.17, 15) is 9.59 Å². The molecule has 3 heterocycles. The van der Waals surface area contributed by atoms with Crippen LogP contribution in [-0.2, 0) is 9.59 Å². The van der Waals surface area contributed by atoms with E-state index in [-0.39, 0.29) is 18.6 Å². The van der Waals surface area contributed by atoms with Gasteiger partial charge < -0.3 is 19.8 Å². The number of aryl methyl sites for hydroxylation is 1. The number of pyridine rings is 1. The summed E-state index contributed by atoms with van der Waals surface area (Å²) in [5.41, 5.74) is 5.46. The zero-order valence-corrected chi connectivity index (χ0v) is 21.3. The van der Waals surface area contributed by atoms with Crippen LogP contribution < -0.4 is 5.32 Å². The van der Waals surface area contributed by atoms with Crippen LogP contribution in [0.2, 0.25) is 0 Å². The number of rotatable bonds is 7. The quantitative estimate of drug-likeness (QED) is 0.377. The second-order valence-corrected chi connectivity index (χ2v) is 9.07. The molecular weight excluding hydrogens is 456 g/mol. The predicted octanol–water partition coefficient (Wildman–Crippen LogP) is 4.32. The van der Waals surface area contributed by atoms with E-state index in [1.54, 1.807) is 12.4 Å². The molecule has 0 bridgehead atoms. The highest BCUT2D eigenvalue weighted by Crippen LogP contribution is 2.27. The van der Waals surface area contributed by atoms with Crippen molar-refractivity contribution < 1.29 is 19.2 Å². The van der Waals surface area contributed by atoms with Crippen molar-refractivity contribution in [1.82, 2.24) is 20.4 Å². The van der Waals surface area contributed by atoms with Gasteiger partial charge in [-0.05, 0) is 69.4 Å². The van der Waals surface area contributed by atoms with Crippen LogP contribution in [0.3, 0.4) is 0 Å². The SMILES string of the molecule is CC(C)=C(C(=O)N1CCCC1C)c1cc(C)no1.O=CNC(CO)c1ccc(-c2ccncc2)cc1. The van der Waals surface area contributed by atoms with Gasteiger partial charge in [0.1, 0.15) is 0 Å². The van der Waals surface area contributed by atoms with Crippen LogP contribution in [0.25, 0.3) is 16.7 Å². The molecule has 1 fully saturated rings. The molecule has 1 saturated heterocycles. The zero-order chi connectivity index (χ0) is 26.1. The molecule has 2 N–H and O–H groups in total. The number of allylic oxidation sites excluding steroid dienone is 1. The molecule has 2 aromatic heterocycles. The number of aliphatic hydroxyl groups excluding tert-OH is 1. The van der Waals surface area contributed by atoms with E-state index in [4.69, 9.17) is 9.63 Å². The number of amides is 2. The molecule has 0 saturated carbocycles. The van der Waals surface area contributed by atoms with Gasteiger partial charge in [0.15, 0.2) is 5.76 Å². The van der Waals surface area contributed by atoms with Gasteiger partial charge in [0.25, 0.3) is 5.91 Å². The molecule has 36 heavy (non-hydrogen) atoms. The van der Waals surface area contributed by atoms with E-state index in [2.05, 4.69) is 22.4 Å². The standard InChI is InChI=1S/C14H20N2O2.C14H14N2O2/c1-9(2)13(12-8-10(3)15-18-12)14(17)16-7-5-6-11(16)4;17-9-14(16-10-18)13-3-1-11(2-4-13)12-5-7-15-8-6-12/h8,11H,5-7H2,1-4H3;1-8,10,14,17H,9H2,(H,16,18). The lowest BCUT2D eigenvalue weighted by molar-refractivity contribution is -0.125. The third kappa shape index (κ3) is 6.66. The van der Waals surface area contributed by atoms with E-state index in [1.807, 2.05) is 68.1 Å². The fourth-order valence-electron chi connectivity index (χ4n) is 4.21. The van der Waals surface area contributed by atoms with Crippen molar-refractivity contribution in [3.63, 3.8) is 0 Å². The first kappa shape index (κ1) is 26.8. The molecule has 190 valence electrons. The fourth-order valence-corrected chi connectivity index (χ4v) is 4.21. The Morgan fingerprint density at radius 3 is 2.36 bits per heavy atom. The van der Waals surface area contributed by atoms with Gasteiger partial charge in [0.05, 0.1) is 23.9 Å². The van der Waals surface area contributed by atoms with Crippen molar-refractivity contribution in [1.29, 1.82) is 0 Å². The number of aliphatic hydroxyl groups is 1. The first-order chi connectivity index (χ1) is 17.3. The average Bonchev–Trinajstić information content (AvgIpc) is 3.51. The van der Waals surface area contributed by atoms with Gasteiger partial charge in [-0.25, -0.2) is 0 Å². The first-order valence-electron chi connectivity index (χ1n) is 12.1. The van der Waals surface area contributed by atoms with Crippen molar-refractivity contribution >= 4 is 17.9 Å². The van der Waals surface area contributed by atoms with Crippen LogP contribution in [0.15, 0.2) is 65.0 Å². The molecule has 0 aliphatic carbocycles. The fraction of sp³-hybridized carbons (Fsp3) is 0.357. The molecule has 1 aliphatic rings. The number of nitrogens with zero attached hydrogens (tertiary/aromatic N) is 3. The Bertz CT molecular complexity index is 1170. The zero-order valence-electron chi connectivity index (χ0n) is 21.3. The maximum absolute atomic E-state index is 12.6. The highest BCUT2D eigenvalue weighted by molar-refractivity contribution is 6.19. The Balaban J connectivity index is 0.000000201. The Morgan fingerprint density at radius 2 is 1.86 bits per heavy atom. The van der Waals surface area contributed by atoms with Gasteiger partial charge in [-0.3, -0.25) is 14.6 Å². The summed E-state index contributed by atoms with van der Waals surface area (Å²) in [5.74, 6) is 0.646. The van der Waals surface area contributed by atoms with Gasteiger partial charge in [0, 0.05) is 31.0 Å². The van der Waals surface area contributed by atoms with Gasteiger partial charge >= 0.3 is 0 Å². The van der Waals surface area contributed by atoms with Crippen LogP contribution in [0, 0.1) is 6.92 Å². The van der Waals surface area contributed by atoms with E-state index in [0.717, 1.165) is 47.3 Å². The molecule has 8 heteroatoms. The Hall–Kier alpha value is -3.78. The van der Waals surface area contributed by atoms with E-state index < -0.39 is 0 Å². The monoisotopic (exact) mass is 490 g/mol. The summed E-state index contributed by atoms with van der Waals surface area (Å²) in [5, 5.41) is 15.6. The predicted molar refractivity (Wildman–Crippen MR) is 139 cm³/mol. The minimum absolute atomic E-state index is 0.0659. The van der Waals surface area contributed by atoms with E-state index in [0.29, 0.717) is 23.8 Å². The molecular formula is C28H34N4O4. The van der Waals surface area contributed by atoms with Crippen LogP contribution in [0.4, 0.5) is 0 Å². The van der Waals surface area contributed by atoms with Gasteiger partial charge in [-0.1, -0.05) is 35.0 Å². The molecule has 1 aliphatic heterocycles. The maximum atomic E-state index is 12.6. The van der Waals surface area contributed by atoms with Gasteiger partial charge in [-0.2, -0.15) is 0 Å². The molecule has 0 radical (unpaired) electrons. The Morgan fingerprint density at radius 1 is 1.19 bits per heavy atom. The largest absolute Gasteiger partial charge is 0.394 e. The molecule has 4 rings (SSSR count). The van der Waals surface area contributed by atoms with Crippen LogP contribution in [0.1, 0.15) is 56.7 Å². The number of likely N-dealkylation sites (tertiary alicyclic amines) is 1. The van der Waals surface area contributed by atoms with Gasteiger partial charge in [-0.15, -0.1) is 0 Å². The summed E-state index contributed by atoms with van der Waals surface area (Å²) >= 11 is 0. The van der Waals surface area contributed by atoms with Crippen molar-refractivity contribution in [2.45, 2.75) is 52.6 Å². The number of hydrogen-bond donors (Lipinski definition) is 2. The summed E-state index contributed by atoms with van der Waals surface area (Å²) in [6, 6.07) is 13.4. The van der Waals surface area contributed by atoms with E-state index >= 15 is 0 Å². The number of carbonyl (C=O) groups is 2. The number of aromatic nitrogens is 2. The molecule has 2 amide bonds.